The fraction of sp³-hybridized carbons (Fsp3) is 0.300. The van der Waals surface area contributed by atoms with Crippen LogP contribution in [0.3, 0.4) is 0 Å². The van der Waals surface area contributed by atoms with E-state index in [1.807, 2.05) is 0 Å². The molecule has 178 valence electrons. The molecule has 0 aromatic heterocycles. The van der Waals surface area contributed by atoms with Crippen LogP contribution in [0.1, 0.15) is 13.8 Å². The molecule has 0 fully saturated rings. The van der Waals surface area contributed by atoms with Crippen LogP contribution in [0.25, 0.3) is 11.1 Å². The highest BCUT2D eigenvalue weighted by atomic mass is 19.3. The Hall–Kier alpha value is -3.38. The molecule has 5 nitrogen and oxygen atoms in total. The summed E-state index contributed by atoms with van der Waals surface area (Å²) in [5.74, 6) is -19.0. The maximum Gasteiger partial charge on any atom is 0.483 e. The quantitative estimate of drug-likeness (QED) is 0.274. The van der Waals surface area contributed by atoms with Crippen LogP contribution < -0.4 is 9.64 Å². The van der Waals surface area contributed by atoms with Gasteiger partial charge in [-0.25, -0.2) is 31.1 Å². The Morgan fingerprint density at radius 3 is 1.97 bits per heavy atom. The maximum atomic E-state index is 14.7. The van der Waals surface area contributed by atoms with Crippen LogP contribution in [0.15, 0.2) is 12.1 Å². The first-order chi connectivity index (χ1) is 15.2. The van der Waals surface area contributed by atoms with Crippen molar-refractivity contribution in [3.63, 3.8) is 0 Å². The van der Waals surface area contributed by atoms with Crippen LogP contribution in [0.5, 0.6) is 5.75 Å². The van der Waals surface area contributed by atoms with Gasteiger partial charge >= 0.3 is 18.0 Å². The Balaban J connectivity index is 2.37. The fourth-order valence-corrected chi connectivity index (χ4v) is 3.35. The second kappa shape index (κ2) is 8.19. The van der Waals surface area contributed by atoms with Crippen LogP contribution in [-0.4, -0.2) is 31.1 Å². The molecule has 13 heteroatoms. The predicted octanol–water partition coefficient (Wildman–Crippen LogP) is 4.70. The lowest BCUT2D eigenvalue weighted by atomic mass is 9.97. The molecular weight excluding hydrogens is 470 g/mol. The summed E-state index contributed by atoms with van der Waals surface area (Å²) in [7, 11) is 0.895. The highest BCUT2D eigenvalue weighted by molar-refractivity contribution is 6.06. The molecule has 33 heavy (non-hydrogen) atoms. The van der Waals surface area contributed by atoms with E-state index in [-0.39, 0.29) is 11.0 Å². The van der Waals surface area contributed by atoms with Gasteiger partial charge in [0.2, 0.25) is 5.82 Å². The van der Waals surface area contributed by atoms with E-state index in [2.05, 4.69) is 9.47 Å². The van der Waals surface area contributed by atoms with E-state index >= 15 is 0 Å². The molecule has 0 aliphatic carbocycles. The Kier molecular flexibility index (Phi) is 6.03. The van der Waals surface area contributed by atoms with Gasteiger partial charge in [-0.3, -0.25) is 9.69 Å². The standard InChI is InChI=1S/C20H13F8NO4/c1-6(2)17(18(30)32-3)29-9-4-7(8(21)5-10(9)33-20(27,28)19(29)31)11-12(22)14(24)16(26)15(25)13(11)23/h4-6,17H,1-3H3. The highest BCUT2D eigenvalue weighted by Crippen LogP contribution is 2.45. The summed E-state index contributed by atoms with van der Waals surface area (Å²) in [5, 5.41) is 0. The first kappa shape index (κ1) is 24.3. The predicted molar refractivity (Wildman–Crippen MR) is 95.3 cm³/mol. The number of alkyl halides is 2. The fourth-order valence-electron chi connectivity index (χ4n) is 3.35. The third-order valence-corrected chi connectivity index (χ3v) is 4.85. The summed E-state index contributed by atoms with van der Waals surface area (Å²) in [4.78, 5) is 24.8. The summed E-state index contributed by atoms with van der Waals surface area (Å²) in [5.41, 5.74) is -3.76. The van der Waals surface area contributed by atoms with Crippen molar-refractivity contribution in [2.24, 2.45) is 5.92 Å². The summed E-state index contributed by atoms with van der Waals surface area (Å²) in [6.45, 7) is 2.69. The van der Waals surface area contributed by atoms with Gasteiger partial charge in [0.15, 0.2) is 29.0 Å². The monoisotopic (exact) mass is 483 g/mol. The van der Waals surface area contributed by atoms with E-state index in [4.69, 9.17) is 0 Å². The van der Waals surface area contributed by atoms with Crippen LogP contribution in [-0.2, 0) is 14.3 Å². The highest BCUT2D eigenvalue weighted by Gasteiger charge is 2.54. The van der Waals surface area contributed by atoms with Crippen LogP contribution >= 0.6 is 0 Å². The number of methoxy groups -OCH3 is 1. The minimum atomic E-state index is -4.58. The maximum absolute atomic E-state index is 14.7. The topological polar surface area (TPSA) is 55.8 Å². The zero-order chi connectivity index (χ0) is 25.0. The van der Waals surface area contributed by atoms with Gasteiger partial charge in [0.05, 0.1) is 18.4 Å². The minimum Gasteiger partial charge on any atom is -0.467 e. The number of carbonyl (C=O) groups excluding carboxylic acids is 2. The van der Waals surface area contributed by atoms with Gasteiger partial charge in [-0.2, -0.15) is 8.78 Å². The molecule has 0 saturated heterocycles. The molecule has 2 aromatic carbocycles. The van der Waals surface area contributed by atoms with Crippen molar-refractivity contribution in [3.8, 4) is 16.9 Å². The normalized spacial score (nSPS) is 15.9. The molecule has 0 N–H and O–H groups in total. The third kappa shape index (κ3) is 3.74. The average molecular weight is 483 g/mol. The number of esters is 1. The number of rotatable bonds is 4. The number of fused-ring (bicyclic) bond motifs is 1. The number of halogens is 8. The molecule has 1 aliphatic heterocycles. The SMILES string of the molecule is COC(=O)C(C(C)C)N1C(=O)C(F)(F)Oc2cc(F)c(-c3c(F)c(F)c(F)c(F)c3F)cc21. The first-order valence-electron chi connectivity index (χ1n) is 9.08. The molecule has 1 aliphatic rings. The van der Waals surface area contributed by atoms with E-state index in [1.54, 1.807) is 0 Å². The van der Waals surface area contributed by atoms with E-state index in [1.165, 1.54) is 13.8 Å². The molecule has 0 radical (unpaired) electrons. The Morgan fingerprint density at radius 1 is 0.970 bits per heavy atom. The number of carbonyl (C=O) groups is 2. The molecule has 0 spiro atoms. The van der Waals surface area contributed by atoms with E-state index in [0.717, 1.165) is 7.11 Å². The van der Waals surface area contributed by atoms with Gasteiger partial charge in [-0.1, -0.05) is 13.8 Å². The zero-order valence-electron chi connectivity index (χ0n) is 16.9. The molecule has 0 bridgehead atoms. The van der Waals surface area contributed by atoms with E-state index in [9.17, 15) is 44.7 Å². The van der Waals surface area contributed by atoms with Gasteiger partial charge in [0.1, 0.15) is 11.9 Å². The van der Waals surface area contributed by atoms with Gasteiger partial charge in [0, 0.05) is 11.6 Å². The van der Waals surface area contributed by atoms with Crippen molar-refractivity contribution in [3.05, 3.63) is 47.0 Å². The Bertz CT molecular complexity index is 1140. The molecule has 2 aromatic rings. The Morgan fingerprint density at radius 2 is 1.48 bits per heavy atom. The summed E-state index contributed by atoms with van der Waals surface area (Å²) in [6.07, 6.45) is -4.58. The number of ether oxygens (including phenoxy) is 2. The number of hydrogen-bond donors (Lipinski definition) is 0. The Labute approximate surface area is 180 Å². The summed E-state index contributed by atoms with van der Waals surface area (Å²) in [6, 6.07) is -1.20. The minimum absolute atomic E-state index is 0.171. The van der Waals surface area contributed by atoms with Crippen molar-refractivity contribution in [1.29, 1.82) is 0 Å². The second-order valence-electron chi connectivity index (χ2n) is 7.25. The van der Waals surface area contributed by atoms with Crippen LogP contribution in [0.4, 0.5) is 40.8 Å². The van der Waals surface area contributed by atoms with Gasteiger partial charge in [-0.15, -0.1) is 0 Å². The van der Waals surface area contributed by atoms with Crippen molar-refractivity contribution in [1.82, 2.24) is 0 Å². The molecule has 1 unspecified atom stereocenters. The number of benzene rings is 2. The lowest BCUT2D eigenvalue weighted by molar-refractivity contribution is -0.194. The van der Waals surface area contributed by atoms with Gasteiger partial charge < -0.3 is 9.47 Å². The second-order valence-corrected chi connectivity index (χ2v) is 7.25. The average Bonchev–Trinajstić information content (AvgIpc) is 2.74. The summed E-state index contributed by atoms with van der Waals surface area (Å²) < 4.78 is 121. The lowest BCUT2D eigenvalue weighted by Gasteiger charge is -2.38. The van der Waals surface area contributed by atoms with E-state index < -0.39 is 87.4 Å². The van der Waals surface area contributed by atoms with Crippen LogP contribution in [0, 0.1) is 40.8 Å². The largest absolute Gasteiger partial charge is 0.483 e. The van der Waals surface area contributed by atoms with Crippen molar-refractivity contribution < 1.29 is 54.2 Å². The van der Waals surface area contributed by atoms with Gasteiger partial charge in [-0.05, 0) is 12.0 Å². The molecule has 1 atom stereocenters. The smallest absolute Gasteiger partial charge is 0.467 e. The molecular formula is C20H13F8NO4. The lowest BCUT2D eigenvalue weighted by Crippen LogP contribution is -2.58. The number of nitrogens with zero attached hydrogens (tertiary/aromatic N) is 1. The molecule has 1 amide bonds. The molecule has 0 saturated carbocycles. The number of amides is 1. The van der Waals surface area contributed by atoms with E-state index in [0.29, 0.717) is 6.07 Å². The first-order valence-corrected chi connectivity index (χ1v) is 9.08. The number of hydrogen-bond acceptors (Lipinski definition) is 4. The van der Waals surface area contributed by atoms with Gasteiger partial charge in [0.25, 0.3) is 0 Å². The van der Waals surface area contributed by atoms with Crippen molar-refractivity contribution in [2.45, 2.75) is 26.0 Å². The summed E-state index contributed by atoms with van der Waals surface area (Å²) >= 11 is 0. The zero-order valence-corrected chi connectivity index (χ0v) is 16.9. The van der Waals surface area contributed by atoms with Crippen molar-refractivity contribution >= 4 is 17.6 Å². The molecule has 3 rings (SSSR count). The van der Waals surface area contributed by atoms with Crippen molar-refractivity contribution in [2.75, 3.05) is 12.0 Å². The molecule has 1 heterocycles. The number of anilines is 1. The van der Waals surface area contributed by atoms with Crippen LogP contribution in [0.2, 0.25) is 0 Å². The third-order valence-electron chi connectivity index (χ3n) is 4.85.